The van der Waals surface area contributed by atoms with E-state index in [1.807, 2.05) is 36.4 Å². The summed E-state index contributed by atoms with van der Waals surface area (Å²) < 4.78 is 11.3. The van der Waals surface area contributed by atoms with E-state index in [0.717, 1.165) is 24.0 Å². The summed E-state index contributed by atoms with van der Waals surface area (Å²) in [6, 6.07) is 13.7. The molecular weight excluding hydrogens is 438 g/mol. The SMILES string of the molecule is CCCCCCCCCCCCOc1cc2c(O)c(C(=O)OCC)cnc2cc1-c1ccccc1. The number of esters is 1. The zero-order valence-electron chi connectivity index (χ0n) is 21.2. The highest BCUT2D eigenvalue weighted by Crippen LogP contribution is 2.38. The highest BCUT2D eigenvalue weighted by molar-refractivity contribution is 6.01. The Morgan fingerprint density at radius 2 is 1.54 bits per heavy atom. The molecule has 1 heterocycles. The molecule has 3 rings (SSSR count). The first-order valence-corrected chi connectivity index (χ1v) is 13.2. The summed E-state index contributed by atoms with van der Waals surface area (Å²) in [5.41, 5.74) is 2.59. The number of hydrogen-bond acceptors (Lipinski definition) is 5. The molecule has 0 saturated carbocycles. The Morgan fingerprint density at radius 1 is 0.886 bits per heavy atom. The quantitative estimate of drug-likeness (QED) is 0.177. The van der Waals surface area contributed by atoms with E-state index in [9.17, 15) is 9.90 Å². The first-order chi connectivity index (χ1) is 17.2. The number of nitrogens with zero attached hydrogens (tertiary/aromatic N) is 1. The minimum absolute atomic E-state index is 0.0625. The number of ether oxygens (including phenoxy) is 2. The van der Waals surface area contributed by atoms with Gasteiger partial charge in [-0.2, -0.15) is 0 Å². The fraction of sp³-hybridized carbons (Fsp3) is 0.467. The van der Waals surface area contributed by atoms with Gasteiger partial charge in [-0.3, -0.25) is 4.98 Å². The summed E-state index contributed by atoms with van der Waals surface area (Å²) in [6.07, 6.45) is 14.1. The molecule has 0 spiro atoms. The van der Waals surface area contributed by atoms with Gasteiger partial charge in [0, 0.05) is 17.1 Å². The van der Waals surface area contributed by atoms with Crippen molar-refractivity contribution in [2.75, 3.05) is 13.2 Å². The van der Waals surface area contributed by atoms with Gasteiger partial charge in [0.05, 0.1) is 18.7 Å². The van der Waals surface area contributed by atoms with Gasteiger partial charge in [0.25, 0.3) is 0 Å². The van der Waals surface area contributed by atoms with Gasteiger partial charge < -0.3 is 14.6 Å². The Kier molecular flexibility index (Phi) is 10.9. The van der Waals surface area contributed by atoms with Crippen molar-refractivity contribution < 1.29 is 19.4 Å². The smallest absolute Gasteiger partial charge is 0.343 e. The predicted molar refractivity (Wildman–Crippen MR) is 142 cm³/mol. The first-order valence-electron chi connectivity index (χ1n) is 13.2. The Morgan fingerprint density at radius 3 is 2.20 bits per heavy atom. The Balaban J connectivity index is 1.67. The molecule has 1 aromatic heterocycles. The number of hydrogen-bond donors (Lipinski definition) is 1. The van der Waals surface area contributed by atoms with E-state index < -0.39 is 5.97 Å². The van der Waals surface area contributed by atoms with Crippen LogP contribution in [0.1, 0.15) is 88.4 Å². The van der Waals surface area contributed by atoms with Crippen molar-refractivity contribution in [3.8, 4) is 22.6 Å². The van der Waals surface area contributed by atoms with Crippen molar-refractivity contribution in [1.82, 2.24) is 4.98 Å². The second kappa shape index (κ2) is 14.3. The standard InChI is InChI=1S/C30H39NO4/c1-3-5-6-7-8-9-10-11-12-16-19-35-28-21-25-27(20-24(28)23-17-14-13-15-18-23)31-22-26(29(25)32)30(33)34-4-2/h13-15,17-18,20-22H,3-12,16,19H2,1-2H3,(H,31,32). The lowest BCUT2D eigenvalue weighted by Crippen LogP contribution is -2.06. The Labute approximate surface area is 209 Å². The Bertz CT molecular complexity index is 1060. The molecule has 0 bridgehead atoms. The first kappa shape index (κ1) is 26.5. The van der Waals surface area contributed by atoms with Crippen LogP contribution in [0.5, 0.6) is 11.5 Å². The molecule has 0 radical (unpaired) electrons. The van der Waals surface area contributed by atoms with Crippen LogP contribution < -0.4 is 4.74 Å². The topological polar surface area (TPSA) is 68.7 Å². The molecule has 188 valence electrons. The zero-order valence-corrected chi connectivity index (χ0v) is 21.2. The summed E-state index contributed by atoms with van der Waals surface area (Å²) in [5, 5.41) is 11.3. The summed E-state index contributed by atoms with van der Waals surface area (Å²) in [5.74, 6) is -0.0334. The van der Waals surface area contributed by atoms with E-state index in [0.29, 0.717) is 23.3 Å². The van der Waals surface area contributed by atoms with Gasteiger partial charge >= 0.3 is 5.97 Å². The second-order valence-corrected chi connectivity index (χ2v) is 9.00. The molecular formula is C30H39NO4. The molecule has 5 nitrogen and oxygen atoms in total. The highest BCUT2D eigenvalue weighted by Gasteiger charge is 2.18. The Hall–Kier alpha value is -3.08. The largest absolute Gasteiger partial charge is 0.506 e. The zero-order chi connectivity index (χ0) is 24.9. The van der Waals surface area contributed by atoms with E-state index in [-0.39, 0.29) is 17.9 Å². The van der Waals surface area contributed by atoms with Crippen molar-refractivity contribution in [3.63, 3.8) is 0 Å². The lowest BCUT2D eigenvalue weighted by molar-refractivity contribution is 0.0523. The molecule has 0 unspecified atom stereocenters. The van der Waals surface area contributed by atoms with Crippen LogP contribution in [0.4, 0.5) is 0 Å². The van der Waals surface area contributed by atoms with Crippen molar-refractivity contribution >= 4 is 16.9 Å². The minimum atomic E-state index is -0.584. The second-order valence-electron chi connectivity index (χ2n) is 9.00. The van der Waals surface area contributed by atoms with Crippen LogP contribution >= 0.6 is 0 Å². The number of fused-ring (bicyclic) bond motifs is 1. The number of rotatable bonds is 15. The predicted octanol–water partition coefficient (Wildman–Crippen LogP) is 8.08. The fourth-order valence-corrected chi connectivity index (χ4v) is 4.30. The van der Waals surface area contributed by atoms with Gasteiger partial charge in [-0.1, -0.05) is 95.0 Å². The summed E-state index contributed by atoms with van der Waals surface area (Å²) in [7, 11) is 0. The van der Waals surface area contributed by atoms with E-state index in [4.69, 9.17) is 9.47 Å². The van der Waals surface area contributed by atoms with Crippen LogP contribution in [-0.4, -0.2) is 29.3 Å². The average Bonchev–Trinajstić information content (AvgIpc) is 2.88. The summed E-state index contributed by atoms with van der Waals surface area (Å²) >= 11 is 0. The number of aromatic hydroxyl groups is 1. The maximum atomic E-state index is 12.2. The number of benzene rings is 2. The normalized spacial score (nSPS) is 11.0. The summed E-state index contributed by atoms with van der Waals surface area (Å²) in [4.78, 5) is 16.6. The number of aromatic nitrogens is 1. The lowest BCUT2D eigenvalue weighted by Gasteiger charge is -2.15. The van der Waals surface area contributed by atoms with Crippen LogP contribution in [0.25, 0.3) is 22.0 Å². The maximum absolute atomic E-state index is 12.2. The van der Waals surface area contributed by atoms with E-state index in [2.05, 4.69) is 11.9 Å². The molecule has 0 fully saturated rings. The van der Waals surface area contributed by atoms with Crippen molar-refractivity contribution in [2.45, 2.75) is 78.1 Å². The highest BCUT2D eigenvalue weighted by atomic mass is 16.5. The molecule has 1 N–H and O–H groups in total. The number of carbonyl (C=O) groups is 1. The van der Waals surface area contributed by atoms with Crippen molar-refractivity contribution in [1.29, 1.82) is 0 Å². The molecule has 0 atom stereocenters. The summed E-state index contributed by atoms with van der Waals surface area (Å²) in [6.45, 7) is 4.82. The molecule has 5 heteroatoms. The average molecular weight is 478 g/mol. The number of pyridine rings is 1. The van der Waals surface area contributed by atoms with Gasteiger partial charge in [0.1, 0.15) is 17.1 Å². The monoisotopic (exact) mass is 477 g/mol. The molecule has 0 amide bonds. The van der Waals surface area contributed by atoms with E-state index >= 15 is 0 Å². The number of unbranched alkanes of at least 4 members (excludes halogenated alkanes) is 9. The molecule has 2 aromatic carbocycles. The lowest BCUT2D eigenvalue weighted by atomic mass is 10.0. The van der Waals surface area contributed by atoms with Crippen LogP contribution in [0.2, 0.25) is 0 Å². The minimum Gasteiger partial charge on any atom is -0.506 e. The fourth-order valence-electron chi connectivity index (χ4n) is 4.30. The molecule has 3 aromatic rings. The van der Waals surface area contributed by atoms with Gasteiger partial charge in [0.2, 0.25) is 0 Å². The van der Waals surface area contributed by atoms with E-state index in [1.54, 1.807) is 13.0 Å². The molecule has 0 aliphatic heterocycles. The van der Waals surface area contributed by atoms with Gasteiger partial charge in [-0.15, -0.1) is 0 Å². The van der Waals surface area contributed by atoms with Crippen LogP contribution in [0.3, 0.4) is 0 Å². The van der Waals surface area contributed by atoms with Gasteiger partial charge in [-0.05, 0) is 31.0 Å². The van der Waals surface area contributed by atoms with E-state index in [1.165, 1.54) is 57.6 Å². The van der Waals surface area contributed by atoms with Crippen LogP contribution in [0, 0.1) is 0 Å². The van der Waals surface area contributed by atoms with Crippen molar-refractivity contribution in [3.05, 3.63) is 54.2 Å². The van der Waals surface area contributed by atoms with Gasteiger partial charge in [-0.25, -0.2) is 4.79 Å². The third-order valence-corrected chi connectivity index (χ3v) is 6.28. The molecule has 35 heavy (non-hydrogen) atoms. The van der Waals surface area contributed by atoms with Gasteiger partial charge in [0.15, 0.2) is 0 Å². The van der Waals surface area contributed by atoms with Crippen LogP contribution in [-0.2, 0) is 4.74 Å². The third-order valence-electron chi connectivity index (χ3n) is 6.28. The molecule has 0 aliphatic rings. The van der Waals surface area contributed by atoms with Crippen molar-refractivity contribution in [2.24, 2.45) is 0 Å². The number of carbonyl (C=O) groups excluding carboxylic acids is 1. The van der Waals surface area contributed by atoms with Crippen LogP contribution in [0.15, 0.2) is 48.7 Å². The molecule has 0 aliphatic carbocycles. The molecule has 0 saturated heterocycles. The third kappa shape index (κ3) is 7.71. The maximum Gasteiger partial charge on any atom is 0.343 e.